The number of rotatable bonds is 7. The van der Waals surface area contributed by atoms with E-state index in [4.69, 9.17) is 21.1 Å². The molecule has 2 aromatic rings. The van der Waals surface area contributed by atoms with Gasteiger partial charge in [0.25, 0.3) is 5.91 Å². The number of anilines is 1. The van der Waals surface area contributed by atoms with Crippen molar-refractivity contribution < 1.29 is 19.1 Å². The third-order valence-electron chi connectivity index (χ3n) is 3.42. The number of nitrogens with one attached hydrogen (secondary N) is 2. The number of ether oxygens (including phenoxy) is 2. The molecule has 0 saturated heterocycles. The average Bonchev–Trinajstić information content (AvgIpc) is 2.63. The number of halogens is 1. The first-order valence-electron chi connectivity index (χ1n) is 7.59. The molecule has 0 radical (unpaired) electrons. The molecule has 0 heterocycles. The minimum atomic E-state index is -0.268. The first-order chi connectivity index (χ1) is 12.0. The van der Waals surface area contributed by atoms with Crippen LogP contribution in [0.3, 0.4) is 0 Å². The van der Waals surface area contributed by atoms with Gasteiger partial charge in [0.2, 0.25) is 5.91 Å². The van der Waals surface area contributed by atoms with Crippen LogP contribution >= 0.6 is 11.6 Å². The van der Waals surface area contributed by atoms with Crippen molar-refractivity contribution in [2.75, 3.05) is 26.1 Å². The minimum absolute atomic E-state index is 0.118. The topological polar surface area (TPSA) is 76.7 Å². The standard InChI is InChI=1S/C18H19ClN2O4/c1-24-15-11-14(16(25-2)10-13(15)19)21-17(22)8-9-20-18(23)12-6-4-3-5-7-12/h3-7,10-11H,8-9H2,1-2H3,(H,20,23)(H,21,22). The predicted octanol–water partition coefficient (Wildman–Crippen LogP) is 3.12. The summed E-state index contributed by atoms with van der Waals surface area (Å²) in [5, 5.41) is 5.80. The third kappa shape index (κ3) is 5.12. The van der Waals surface area contributed by atoms with Gasteiger partial charge in [-0.2, -0.15) is 0 Å². The van der Waals surface area contributed by atoms with Crippen molar-refractivity contribution in [3.8, 4) is 11.5 Å². The molecule has 0 bridgehead atoms. The zero-order valence-electron chi connectivity index (χ0n) is 14.0. The fourth-order valence-electron chi connectivity index (χ4n) is 2.15. The van der Waals surface area contributed by atoms with Gasteiger partial charge in [-0.05, 0) is 12.1 Å². The van der Waals surface area contributed by atoms with Crippen LogP contribution in [0.5, 0.6) is 11.5 Å². The Balaban J connectivity index is 1.91. The summed E-state index contributed by atoms with van der Waals surface area (Å²) in [4.78, 5) is 24.0. The molecule has 0 atom stereocenters. The van der Waals surface area contributed by atoms with Crippen molar-refractivity contribution in [2.45, 2.75) is 6.42 Å². The van der Waals surface area contributed by atoms with Gasteiger partial charge < -0.3 is 20.1 Å². The molecule has 2 N–H and O–H groups in total. The monoisotopic (exact) mass is 362 g/mol. The molecule has 0 aromatic heterocycles. The Bertz CT molecular complexity index is 750. The number of amides is 2. The van der Waals surface area contributed by atoms with E-state index in [2.05, 4.69) is 10.6 Å². The Hall–Kier alpha value is -2.73. The highest BCUT2D eigenvalue weighted by molar-refractivity contribution is 6.32. The van der Waals surface area contributed by atoms with Crippen LogP contribution in [0.25, 0.3) is 0 Å². The van der Waals surface area contributed by atoms with Crippen molar-refractivity contribution in [3.63, 3.8) is 0 Å². The molecule has 0 aliphatic rings. The van der Waals surface area contributed by atoms with Crippen molar-refractivity contribution in [2.24, 2.45) is 0 Å². The summed E-state index contributed by atoms with van der Waals surface area (Å²) in [6, 6.07) is 12.0. The number of carbonyl (C=O) groups excluding carboxylic acids is 2. The summed E-state index contributed by atoms with van der Waals surface area (Å²) in [6.45, 7) is 0.215. The van der Waals surface area contributed by atoms with Crippen molar-refractivity contribution in [1.82, 2.24) is 5.32 Å². The molecule has 0 saturated carbocycles. The molecule has 25 heavy (non-hydrogen) atoms. The maximum atomic E-state index is 12.1. The minimum Gasteiger partial charge on any atom is -0.495 e. The summed E-state index contributed by atoms with van der Waals surface area (Å²) < 4.78 is 10.3. The summed E-state index contributed by atoms with van der Waals surface area (Å²) >= 11 is 6.03. The van der Waals surface area contributed by atoms with E-state index in [9.17, 15) is 9.59 Å². The van der Waals surface area contributed by atoms with Crippen molar-refractivity contribution in [3.05, 3.63) is 53.1 Å². The third-order valence-corrected chi connectivity index (χ3v) is 3.72. The second kappa shape index (κ2) is 8.94. The lowest BCUT2D eigenvalue weighted by Crippen LogP contribution is -2.27. The van der Waals surface area contributed by atoms with Crippen LogP contribution in [-0.4, -0.2) is 32.6 Å². The van der Waals surface area contributed by atoms with Gasteiger partial charge in [-0.15, -0.1) is 0 Å². The summed E-state index contributed by atoms with van der Waals surface area (Å²) in [6.07, 6.45) is 0.118. The van der Waals surface area contributed by atoms with Gasteiger partial charge in [0.1, 0.15) is 11.5 Å². The lowest BCUT2D eigenvalue weighted by atomic mass is 10.2. The Morgan fingerprint density at radius 3 is 2.36 bits per heavy atom. The normalized spacial score (nSPS) is 10.0. The highest BCUT2D eigenvalue weighted by Gasteiger charge is 2.13. The zero-order valence-corrected chi connectivity index (χ0v) is 14.7. The van der Waals surface area contributed by atoms with Crippen LogP contribution < -0.4 is 20.1 Å². The fourth-order valence-corrected chi connectivity index (χ4v) is 2.38. The Kier molecular flexibility index (Phi) is 6.65. The van der Waals surface area contributed by atoms with Crippen LogP contribution in [0.15, 0.2) is 42.5 Å². The number of carbonyl (C=O) groups is 2. The molecule has 0 spiro atoms. The van der Waals surface area contributed by atoms with E-state index in [0.29, 0.717) is 27.8 Å². The van der Waals surface area contributed by atoms with Gasteiger partial charge in [0.05, 0.1) is 24.9 Å². The molecule has 2 aromatic carbocycles. The van der Waals surface area contributed by atoms with E-state index in [0.717, 1.165) is 0 Å². The molecule has 6 nitrogen and oxygen atoms in total. The molecular weight excluding hydrogens is 344 g/mol. The van der Waals surface area contributed by atoms with Crippen LogP contribution in [0, 0.1) is 0 Å². The Labute approximate surface area is 151 Å². The molecular formula is C18H19ClN2O4. The van der Waals surface area contributed by atoms with E-state index >= 15 is 0 Å². The fraction of sp³-hybridized carbons (Fsp3) is 0.222. The first kappa shape index (κ1) is 18.6. The number of hydrogen-bond donors (Lipinski definition) is 2. The molecule has 132 valence electrons. The number of benzene rings is 2. The molecule has 0 aliphatic heterocycles. The second-order valence-corrected chi connectivity index (χ2v) is 5.51. The van der Waals surface area contributed by atoms with Gasteiger partial charge in [-0.25, -0.2) is 0 Å². The summed E-state index contributed by atoms with van der Waals surface area (Å²) in [5.41, 5.74) is 0.996. The van der Waals surface area contributed by atoms with E-state index in [1.165, 1.54) is 14.2 Å². The van der Waals surface area contributed by atoms with Crippen LogP contribution in [-0.2, 0) is 4.79 Å². The summed E-state index contributed by atoms with van der Waals surface area (Å²) in [5.74, 6) is 0.359. The molecule has 2 amide bonds. The molecule has 0 aliphatic carbocycles. The van der Waals surface area contributed by atoms with Crippen LogP contribution in [0.4, 0.5) is 5.69 Å². The van der Waals surface area contributed by atoms with Gasteiger partial charge in [0, 0.05) is 30.7 Å². The lowest BCUT2D eigenvalue weighted by molar-refractivity contribution is -0.116. The highest BCUT2D eigenvalue weighted by Crippen LogP contribution is 2.35. The number of methoxy groups -OCH3 is 2. The highest BCUT2D eigenvalue weighted by atomic mass is 35.5. The first-order valence-corrected chi connectivity index (χ1v) is 7.97. The second-order valence-electron chi connectivity index (χ2n) is 5.11. The van der Waals surface area contributed by atoms with Crippen LogP contribution in [0.1, 0.15) is 16.8 Å². The van der Waals surface area contributed by atoms with Crippen LogP contribution in [0.2, 0.25) is 5.02 Å². The maximum Gasteiger partial charge on any atom is 0.251 e. The quantitative estimate of drug-likeness (QED) is 0.793. The molecule has 0 unspecified atom stereocenters. The largest absolute Gasteiger partial charge is 0.495 e. The predicted molar refractivity (Wildman–Crippen MR) is 96.6 cm³/mol. The van der Waals surface area contributed by atoms with E-state index in [1.807, 2.05) is 6.07 Å². The SMILES string of the molecule is COc1cc(NC(=O)CCNC(=O)c2ccccc2)c(OC)cc1Cl. The lowest BCUT2D eigenvalue weighted by Gasteiger charge is -2.13. The Morgan fingerprint density at radius 1 is 1.04 bits per heavy atom. The molecule has 0 fully saturated rings. The van der Waals surface area contributed by atoms with Gasteiger partial charge in [-0.3, -0.25) is 9.59 Å². The van der Waals surface area contributed by atoms with Gasteiger partial charge in [0.15, 0.2) is 0 Å². The van der Waals surface area contributed by atoms with E-state index < -0.39 is 0 Å². The van der Waals surface area contributed by atoms with Crippen molar-refractivity contribution in [1.29, 1.82) is 0 Å². The number of hydrogen-bond acceptors (Lipinski definition) is 4. The summed E-state index contributed by atoms with van der Waals surface area (Å²) in [7, 11) is 2.96. The van der Waals surface area contributed by atoms with E-state index in [-0.39, 0.29) is 24.8 Å². The zero-order chi connectivity index (χ0) is 18.2. The average molecular weight is 363 g/mol. The smallest absolute Gasteiger partial charge is 0.251 e. The molecule has 2 rings (SSSR count). The van der Waals surface area contributed by atoms with Crippen molar-refractivity contribution >= 4 is 29.1 Å². The van der Waals surface area contributed by atoms with Gasteiger partial charge in [-0.1, -0.05) is 29.8 Å². The van der Waals surface area contributed by atoms with Gasteiger partial charge >= 0.3 is 0 Å². The van der Waals surface area contributed by atoms with E-state index in [1.54, 1.807) is 36.4 Å². The maximum absolute atomic E-state index is 12.1. The molecule has 7 heteroatoms. The Morgan fingerprint density at radius 2 is 1.72 bits per heavy atom.